The SMILES string of the molecule is COc1nccc2c(-c3cc(S(C)(=O)=O)ccc3NCC(F)(F)C(F)(F)C(F)(F)F)cn(C)c12. The number of alkyl halides is 7. The molecule has 186 valence electrons. The Labute approximate surface area is 189 Å². The van der Waals surface area contributed by atoms with Crippen molar-refractivity contribution in [3.8, 4) is 17.0 Å². The van der Waals surface area contributed by atoms with Gasteiger partial charge in [-0.25, -0.2) is 13.4 Å². The molecule has 0 aliphatic heterocycles. The molecule has 2 aromatic heterocycles. The number of anilines is 1. The van der Waals surface area contributed by atoms with Crippen LogP contribution in [-0.4, -0.2) is 55.9 Å². The van der Waals surface area contributed by atoms with Gasteiger partial charge in [0.2, 0.25) is 5.88 Å². The van der Waals surface area contributed by atoms with Crippen molar-refractivity contribution >= 4 is 26.4 Å². The summed E-state index contributed by atoms with van der Waals surface area (Å²) in [5, 5.41) is 2.37. The van der Waals surface area contributed by atoms with Crippen LogP contribution in [0.3, 0.4) is 0 Å². The standard InChI is InChI=1S/C20H18F7N3O3S/c1-30-9-14(12-6-7-28-17(33-2)16(12)30)13-8-11(34(3,31)32)4-5-15(13)29-10-18(21,22)19(23,24)20(25,26)27/h4-9,29H,10H2,1-3H3. The van der Waals surface area contributed by atoms with Crippen LogP contribution < -0.4 is 10.1 Å². The smallest absolute Gasteiger partial charge is 0.459 e. The Morgan fingerprint density at radius 3 is 2.26 bits per heavy atom. The van der Waals surface area contributed by atoms with Gasteiger partial charge in [-0.3, -0.25) is 0 Å². The van der Waals surface area contributed by atoms with Gasteiger partial charge in [0.05, 0.1) is 18.6 Å². The summed E-state index contributed by atoms with van der Waals surface area (Å²) in [6.07, 6.45) is -2.71. The molecular weight excluding hydrogens is 495 g/mol. The number of sulfone groups is 1. The second-order valence-corrected chi connectivity index (χ2v) is 9.50. The molecule has 0 fully saturated rings. The van der Waals surface area contributed by atoms with E-state index in [4.69, 9.17) is 4.74 Å². The number of fused-ring (bicyclic) bond motifs is 1. The normalized spacial score (nSPS) is 13.4. The van der Waals surface area contributed by atoms with Crippen molar-refractivity contribution in [3.05, 3.63) is 36.7 Å². The maximum Gasteiger partial charge on any atom is 0.459 e. The Bertz CT molecular complexity index is 1340. The zero-order chi connectivity index (χ0) is 25.7. The number of aromatic nitrogens is 2. The highest BCUT2D eigenvalue weighted by atomic mass is 32.2. The number of ether oxygens (including phenoxy) is 1. The number of aryl methyl sites for hydroxylation is 1. The lowest BCUT2D eigenvalue weighted by molar-refractivity contribution is -0.350. The highest BCUT2D eigenvalue weighted by molar-refractivity contribution is 7.90. The van der Waals surface area contributed by atoms with Crippen LogP contribution >= 0.6 is 0 Å². The number of nitrogens with zero attached hydrogens (tertiary/aromatic N) is 2. The summed E-state index contributed by atoms with van der Waals surface area (Å²) in [6.45, 7) is -2.07. The van der Waals surface area contributed by atoms with Gasteiger partial charge in [-0.05, 0) is 24.3 Å². The second kappa shape index (κ2) is 8.32. The van der Waals surface area contributed by atoms with Crippen molar-refractivity contribution in [3.63, 3.8) is 0 Å². The van der Waals surface area contributed by atoms with Crippen molar-refractivity contribution in [2.24, 2.45) is 7.05 Å². The van der Waals surface area contributed by atoms with Gasteiger partial charge in [-0.1, -0.05) is 0 Å². The van der Waals surface area contributed by atoms with Gasteiger partial charge in [0.25, 0.3) is 0 Å². The van der Waals surface area contributed by atoms with Crippen molar-refractivity contribution in [1.29, 1.82) is 0 Å². The average Bonchev–Trinajstić information content (AvgIpc) is 3.07. The van der Waals surface area contributed by atoms with Crippen LogP contribution in [0.4, 0.5) is 36.4 Å². The molecule has 0 bridgehead atoms. The van der Waals surface area contributed by atoms with Crippen molar-refractivity contribution in [1.82, 2.24) is 9.55 Å². The second-order valence-electron chi connectivity index (χ2n) is 7.48. The molecule has 1 aromatic carbocycles. The van der Waals surface area contributed by atoms with Crippen LogP contribution in [0.2, 0.25) is 0 Å². The number of hydrogen-bond acceptors (Lipinski definition) is 5. The van der Waals surface area contributed by atoms with Crippen LogP contribution in [0.5, 0.6) is 5.88 Å². The van der Waals surface area contributed by atoms with Gasteiger partial charge >= 0.3 is 18.0 Å². The summed E-state index contributed by atoms with van der Waals surface area (Å²) < 4.78 is 123. The molecule has 0 radical (unpaired) electrons. The Kier molecular flexibility index (Phi) is 6.27. The van der Waals surface area contributed by atoms with Gasteiger partial charge in [0, 0.05) is 47.9 Å². The Balaban J connectivity index is 2.16. The average molecular weight is 513 g/mol. The number of benzene rings is 1. The van der Waals surface area contributed by atoms with E-state index in [9.17, 15) is 39.2 Å². The molecule has 0 saturated carbocycles. The molecule has 14 heteroatoms. The largest absolute Gasteiger partial charge is 0.479 e. The molecule has 6 nitrogen and oxygen atoms in total. The minimum atomic E-state index is -6.47. The third-order valence-corrected chi connectivity index (χ3v) is 6.19. The maximum absolute atomic E-state index is 13.9. The summed E-state index contributed by atoms with van der Waals surface area (Å²) in [5.74, 6) is -11.6. The first-order chi connectivity index (χ1) is 15.5. The van der Waals surface area contributed by atoms with Crippen molar-refractivity contribution in [2.75, 3.05) is 25.2 Å². The van der Waals surface area contributed by atoms with Crippen LogP contribution in [0.1, 0.15) is 0 Å². The van der Waals surface area contributed by atoms with E-state index in [1.165, 1.54) is 25.6 Å². The lowest BCUT2D eigenvalue weighted by atomic mass is 10.0. The van der Waals surface area contributed by atoms with Gasteiger partial charge in [0.15, 0.2) is 9.84 Å². The van der Waals surface area contributed by atoms with E-state index in [-0.39, 0.29) is 27.6 Å². The fraction of sp³-hybridized carbons (Fsp3) is 0.350. The Morgan fingerprint density at radius 2 is 1.71 bits per heavy atom. The topological polar surface area (TPSA) is 73.2 Å². The number of nitrogens with one attached hydrogen (secondary N) is 1. The zero-order valence-electron chi connectivity index (χ0n) is 17.8. The molecular formula is C20H18F7N3O3S. The summed E-state index contributed by atoms with van der Waals surface area (Å²) >= 11 is 0. The van der Waals surface area contributed by atoms with E-state index in [0.717, 1.165) is 24.5 Å². The van der Waals surface area contributed by atoms with Gasteiger partial charge < -0.3 is 14.6 Å². The van der Waals surface area contributed by atoms with E-state index in [0.29, 0.717) is 10.9 Å². The number of hydrogen-bond donors (Lipinski definition) is 1. The van der Waals surface area contributed by atoms with Crippen LogP contribution in [0, 0.1) is 0 Å². The van der Waals surface area contributed by atoms with Gasteiger partial charge in [-0.15, -0.1) is 0 Å². The molecule has 0 aliphatic rings. The third-order valence-electron chi connectivity index (χ3n) is 5.08. The zero-order valence-corrected chi connectivity index (χ0v) is 18.7. The molecule has 1 N–H and O–H groups in total. The molecule has 2 heterocycles. The summed E-state index contributed by atoms with van der Waals surface area (Å²) in [5.41, 5.74) is 0.419. The molecule has 0 unspecified atom stereocenters. The maximum atomic E-state index is 13.9. The molecule has 0 saturated heterocycles. The highest BCUT2D eigenvalue weighted by Crippen LogP contribution is 2.47. The summed E-state index contributed by atoms with van der Waals surface area (Å²) in [7, 11) is -0.829. The predicted molar refractivity (Wildman–Crippen MR) is 110 cm³/mol. The molecule has 0 amide bonds. The van der Waals surface area contributed by atoms with Crippen molar-refractivity contribution in [2.45, 2.75) is 22.9 Å². The van der Waals surface area contributed by atoms with E-state index >= 15 is 0 Å². The number of rotatable bonds is 7. The van der Waals surface area contributed by atoms with E-state index in [1.54, 1.807) is 11.6 Å². The van der Waals surface area contributed by atoms with Crippen LogP contribution in [-0.2, 0) is 16.9 Å². The van der Waals surface area contributed by atoms with Crippen LogP contribution in [0.25, 0.3) is 22.0 Å². The quantitative estimate of drug-likeness (QED) is 0.456. The molecule has 34 heavy (non-hydrogen) atoms. The minimum Gasteiger partial charge on any atom is -0.479 e. The monoisotopic (exact) mass is 513 g/mol. The molecule has 0 spiro atoms. The Hall–Kier alpha value is -3.03. The number of methoxy groups -OCH3 is 1. The van der Waals surface area contributed by atoms with Crippen LogP contribution in [0.15, 0.2) is 41.6 Å². The van der Waals surface area contributed by atoms with E-state index in [2.05, 4.69) is 4.98 Å². The summed E-state index contributed by atoms with van der Waals surface area (Å²) in [6, 6.07) is 4.68. The first-order valence-electron chi connectivity index (χ1n) is 9.40. The first-order valence-corrected chi connectivity index (χ1v) is 11.3. The third kappa shape index (κ3) is 4.38. The lowest BCUT2D eigenvalue weighted by Gasteiger charge is -2.28. The van der Waals surface area contributed by atoms with E-state index in [1.807, 2.05) is 5.32 Å². The number of pyridine rings is 1. The Morgan fingerprint density at radius 1 is 1.06 bits per heavy atom. The van der Waals surface area contributed by atoms with E-state index < -0.39 is 34.4 Å². The molecule has 0 atom stereocenters. The van der Waals surface area contributed by atoms with Crippen molar-refractivity contribution < 1.29 is 43.9 Å². The minimum absolute atomic E-state index is 0.0205. The summed E-state index contributed by atoms with van der Waals surface area (Å²) in [4.78, 5) is 3.82. The highest BCUT2D eigenvalue weighted by Gasteiger charge is 2.72. The fourth-order valence-electron chi connectivity index (χ4n) is 3.34. The predicted octanol–water partition coefficient (Wildman–Crippen LogP) is 4.90. The van der Waals surface area contributed by atoms with Gasteiger partial charge in [0.1, 0.15) is 5.52 Å². The molecule has 3 aromatic rings. The molecule has 3 rings (SSSR count). The molecule has 0 aliphatic carbocycles. The number of halogens is 7. The van der Waals surface area contributed by atoms with Gasteiger partial charge in [-0.2, -0.15) is 30.7 Å². The lowest BCUT2D eigenvalue weighted by Crippen LogP contribution is -2.55. The first kappa shape index (κ1) is 25.6. The fourth-order valence-corrected chi connectivity index (χ4v) is 3.99.